The number of para-hydroxylation sites is 2. The third-order valence-corrected chi connectivity index (χ3v) is 3.01. The number of hydrogen-bond donors (Lipinski definition) is 1. The fourth-order valence-electron chi connectivity index (χ4n) is 1.99. The van der Waals surface area contributed by atoms with Gasteiger partial charge in [0.25, 0.3) is 0 Å². The van der Waals surface area contributed by atoms with Crippen LogP contribution in [-0.4, -0.2) is 25.0 Å². The third-order valence-electron chi connectivity index (χ3n) is 3.01. The lowest BCUT2D eigenvalue weighted by Crippen LogP contribution is -1.94. The Morgan fingerprint density at radius 3 is 2.62 bits per heavy atom. The molecule has 0 radical (unpaired) electrons. The van der Waals surface area contributed by atoms with Crippen LogP contribution in [0.2, 0.25) is 0 Å². The molecule has 1 N–H and O–H groups in total. The van der Waals surface area contributed by atoms with Gasteiger partial charge < -0.3 is 14.6 Å². The van der Waals surface area contributed by atoms with Crippen molar-refractivity contribution in [1.82, 2.24) is 0 Å². The van der Waals surface area contributed by atoms with Crippen molar-refractivity contribution in [2.45, 2.75) is 13.5 Å². The highest BCUT2D eigenvalue weighted by atomic mass is 16.5. The Morgan fingerprint density at radius 2 is 1.86 bits per heavy atom. The fraction of sp³-hybridized carbons (Fsp3) is 0.235. The van der Waals surface area contributed by atoms with E-state index in [4.69, 9.17) is 9.47 Å². The molecule has 0 unspecified atom stereocenters. The van der Waals surface area contributed by atoms with Gasteiger partial charge in [-0.05, 0) is 25.1 Å². The number of phenolic OH excluding ortho intramolecular Hbond substituents is 1. The Bertz CT molecular complexity index is 623. The van der Waals surface area contributed by atoms with Crippen LogP contribution < -0.4 is 9.47 Å². The van der Waals surface area contributed by atoms with E-state index in [1.54, 1.807) is 25.5 Å². The number of ether oxygens (including phenoxy) is 2. The van der Waals surface area contributed by atoms with Crippen LogP contribution in [0, 0.1) is 0 Å². The smallest absolute Gasteiger partial charge is 0.166 e. The van der Waals surface area contributed by atoms with Gasteiger partial charge in [0.15, 0.2) is 11.5 Å². The fourth-order valence-corrected chi connectivity index (χ4v) is 1.99. The summed E-state index contributed by atoms with van der Waals surface area (Å²) >= 11 is 0. The molecule has 21 heavy (non-hydrogen) atoms. The number of aromatic hydroxyl groups is 1. The normalized spacial score (nSPS) is 10.8. The van der Waals surface area contributed by atoms with Crippen LogP contribution in [0.4, 0.5) is 0 Å². The molecule has 0 aromatic heterocycles. The van der Waals surface area contributed by atoms with E-state index in [0.717, 1.165) is 11.3 Å². The molecule has 0 spiro atoms. The van der Waals surface area contributed by atoms with Crippen molar-refractivity contribution in [2.24, 2.45) is 4.99 Å². The zero-order chi connectivity index (χ0) is 15.1. The highest BCUT2D eigenvalue weighted by Gasteiger charge is 2.05. The summed E-state index contributed by atoms with van der Waals surface area (Å²) in [6, 6.07) is 13.1. The molecule has 0 saturated heterocycles. The Morgan fingerprint density at radius 1 is 1.10 bits per heavy atom. The summed E-state index contributed by atoms with van der Waals surface area (Å²) in [7, 11) is 1.64. The van der Waals surface area contributed by atoms with Gasteiger partial charge in [0.2, 0.25) is 0 Å². The number of methoxy groups -OCH3 is 1. The maximum Gasteiger partial charge on any atom is 0.166 e. The Kier molecular flexibility index (Phi) is 5.21. The second-order valence-corrected chi connectivity index (χ2v) is 4.41. The summed E-state index contributed by atoms with van der Waals surface area (Å²) in [5, 5.41) is 10.1. The first-order chi connectivity index (χ1) is 10.3. The minimum atomic E-state index is 0.114. The predicted octanol–water partition coefficient (Wildman–Crippen LogP) is 3.42. The largest absolute Gasteiger partial charge is 0.504 e. The predicted molar refractivity (Wildman–Crippen MR) is 83.6 cm³/mol. The van der Waals surface area contributed by atoms with E-state index in [1.807, 2.05) is 37.3 Å². The van der Waals surface area contributed by atoms with Crippen LogP contribution in [0.25, 0.3) is 0 Å². The van der Waals surface area contributed by atoms with Gasteiger partial charge in [0.1, 0.15) is 5.75 Å². The second-order valence-electron chi connectivity index (χ2n) is 4.41. The quantitative estimate of drug-likeness (QED) is 0.827. The zero-order valence-electron chi connectivity index (χ0n) is 12.2. The molecule has 2 aromatic carbocycles. The molecule has 0 fully saturated rings. The minimum absolute atomic E-state index is 0.114. The molecule has 0 aliphatic heterocycles. The van der Waals surface area contributed by atoms with E-state index in [2.05, 4.69) is 4.99 Å². The first kappa shape index (κ1) is 14.9. The molecule has 0 saturated carbocycles. The molecular weight excluding hydrogens is 266 g/mol. The standard InChI is InChI=1S/C17H19NO3/c1-3-21-16-10-6-8-14(17(16)19)12-18-11-13-7-4-5-9-15(13)20-2/h4-10,12,19H,3,11H2,1-2H3. The van der Waals surface area contributed by atoms with Crippen LogP contribution in [0.3, 0.4) is 0 Å². The van der Waals surface area contributed by atoms with Crippen LogP contribution in [0.1, 0.15) is 18.1 Å². The Hall–Kier alpha value is -2.49. The highest BCUT2D eigenvalue weighted by molar-refractivity contribution is 5.84. The summed E-state index contributed by atoms with van der Waals surface area (Å²) in [6.45, 7) is 2.87. The molecular formula is C17H19NO3. The number of hydrogen-bond acceptors (Lipinski definition) is 4. The van der Waals surface area contributed by atoms with Crippen LogP contribution >= 0.6 is 0 Å². The molecule has 0 aliphatic carbocycles. The first-order valence-electron chi connectivity index (χ1n) is 6.82. The highest BCUT2D eigenvalue weighted by Crippen LogP contribution is 2.28. The van der Waals surface area contributed by atoms with Crippen molar-refractivity contribution in [3.05, 3.63) is 53.6 Å². The topological polar surface area (TPSA) is 51.0 Å². The van der Waals surface area contributed by atoms with E-state index in [0.29, 0.717) is 24.5 Å². The Balaban J connectivity index is 2.13. The van der Waals surface area contributed by atoms with Crippen molar-refractivity contribution >= 4 is 6.21 Å². The molecule has 0 bridgehead atoms. The van der Waals surface area contributed by atoms with Gasteiger partial charge in [-0.15, -0.1) is 0 Å². The Labute approximate surface area is 124 Å². The van der Waals surface area contributed by atoms with Gasteiger partial charge >= 0.3 is 0 Å². The molecule has 0 atom stereocenters. The lowest BCUT2D eigenvalue weighted by Gasteiger charge is -2.07. The number of rotatable bonds is 6. The minimum Gasteiger partial charge on any atom is -0.504 e. The summed E-state index contributed by atoms with van der Waals surface area (Å²) in [4.78, 5) is 4.36. The number of nitrogens with zero attached hydrogens (tertiary/aromatic N) is 1. The van der Waals surface area contributed by atoms with Crippen molar-refractivity contribution in [2.75, 3.05) is 13.7 Å². The maximum absolute atomic E-state index is 10.1. The van der Waals surface area contributed by atoms with Gasteiger partial charge in [0, 0.05) is 17.3 Å². The molecule has 2 aromatic rings. The van der Waals surface area contributed by atoms with Crippen LogP contribution in [-0.2, 0) is 6.54 Å². The molecule has 110 valence electrons. The maximum atomic E-state index is 10.1. The molecule has 4 heteroatoms. The number of phenols is 1. The molecule has 0 aliphatic rings. The average molecular weight is 285 g/mol. The SMILES string of the molecule is CCOc1cccc(C=NCc2ccccc2OC)c1O. The molecule has 4 nitrogen and oxygen atoms in total. The second kappa shape index (κ2) is 7.33. The summed E-state index contributed by atoms with van der Waals surface area (Å²) < 4.78 is 10.6. The third kappa shape index (κ3) is 3.75. The molecule has 0 amide bonds. The number of aliphatic imine (C=N–C) groups is 1. The molecule has 0 heterocycles. The lowest BCUT2D eigenvalue weighted by molar-refractivity contribution is 0.318. The van der Waals surface area contributed by atoms with Crippen LogP contribution in [0.15, 0.2) is 47.5 Å². The number of benzene rings is 2. The van der Waals surface area contributed by atoms with Crippen molar-refractivity contribution < 1.29 is 14.6 Å². The van der Waals surface area contributed by atoms with E-state index in [-0.39, 0.29) is 5.75 Å². The van der Waals surface area contributed by atoms with Crippen LogP contribution in [0.5, 0.6) is 17.2 Å². The van der Waals surface area contributed by atoms with E-state index in [1.165, 1.54) is 0 Å². The van der Waals surface area contributed by atoms with Gasteiger partial charge in [-0.3, -0.25) is 4.99 Å². The molecule has 2 rings (SSSR count). The van der Waals surface area contributed by atoms with Gasteiger partial charge in [-0.1, -0.05) is 24.3 Å². The monoisotopic (exact) mass is 285 g/mol. The summed E-state index contributed by atoms with van der Waals surface area (Å²) in [5.41, 5.74) is 1.63. The summed E-state index contributed by atoms with van der Waals surface area (Å²) in [5.74, 6) is 1.39. The first-order valence-corrected chi connectivity index (χ1v) is 6.82. The van der Waals surface area contributed by atoms with Crippen molar-refractivity contribution in [1.29, 1.82) is 0 Å². The van der Waals surface area contributed by atoms with Crippen molar-refractivity contribution in [3.8, 4) is 17.2 Å². The van der Waals surface area contributed by atoms with E-state index in [9.17, 15) is 5.11 Å². The average Bonchev–Trinajstić information content (AvgIpc) is 2.51. The lowest BCUT2D eigenvalue weighted by atomic mass is 10.2. The van der Waals surface area contributed by atoms with Crippen molar-refractivity contribution in [3.63, 3.8) is 0 Å². The summed E-state index contributed by atoms with van der Waals surface area (Å²) in [6.07, 6.45) is 1.64. The van der Waals surface area contributed by atoms with Gasteiger partial charge in [-0.2, -0.15) is 0 Å². The van der Waals surface area contributed by atoms with Gasteiger partial charge in [-0.25, -0.2) is 0 Å². The van der Waals surface area contributed by atoms with E-state index < -0.39 is 0 Å². The van der Waals surface area contributed by atoms with Gasteiger partial charge in [0.05, 0.1) is 20.3 Å². The van der Waals surface area contributed by atoms with E-state index >= 15 is 0 Å². The zero-order valence-corrected chi connectivity index (χ0v) is 12.2.